The summed E-state index contributed by atoms with van der Waals surface area (Å²) in [6.45, 7) is 0. The van der Waals surface area contributed by atoms with E-state index in [2.05, 4.69) is 10.3 Å². The van der Waals surface area contributed by atoms with Crippen LogP contribution in [0.3, 0.4) is 0 Å². The van der Waals surface area contributed by atoms with Crippen molar-refractivity contribution in [2.24, 2.45) is 0 Å². The van der Waals surface area contributed by atoms with Gasteiger partial charge >= 0.3 is 0 Å². The first kappa shape index (κ1) is 13.6. The standard InChI is InChI=1S/C13H10Cl2N2O2/c1-19-12-7-9(2-3-10(12)15)17-13(18)11-6-8(14)4-5-16-11/h2-7H,1H3,(H,17,18). The Morgan fingerprint density at radius 3 is 2.74 bits per heavy atom. The number of halogens is 2. The van der Waals surface area contributed by atoms with Crippen LogP contribution in [0.25, 0.3) is 0 Å². The SMILES string of the molecule is COc1cc(NC(=O)c2cc(Cl)ccn2)ccc1Cl. The highest BCUT2D eigenvalue weighted by Gasteiger charge is 2.09. The number of anilines is 1. The summed E-state index contributed by atoms with van der Waals surface area (Å²) in [7, 11) is 1.51. The summed E-state index contributed by atoms with van der Waals surface area (Å²) in [4.78, 5) is 15.9. The van der Waals surface area contributed by atoms with Gasteiger partial charge in [-0.25, -0.2) is 0 Å². The van der Waals surface area contributed by atoms with Crippen molar-refractivity contribution in [3.63, 3.8) is 0 Å². The van der Waals surface area contributed by atoms with Gasteiger partial charge in [0.1, 0.15) is 11.4 Å². The van der Waals surface area contributed by atoms with Crippen molar-refractivity contribution in [2.45, 2.75) is 0 Å². The second-order valence-electron chi connectivity index (χ2n) is 3.66. The summed E-state index contributed by atoms with van der Waals surface area (Å²) >= 11 is 11.7. The van der Waals surface area contributed by atoms with Gasteiger partial charge < -0.3 is 10.1 Å². The first-order chi connectivity index (χ1) is 9.10. The molecule has 1 heterocycles. The lowest BCUT2D eigenvalue weighted by Crippen LogP contribution is -2.13. The number of rotatable bonds is 3. The number of aromatic nitrogens is 1. The van der Waals surface area contributed by atoms with Crippen molar-refractivity contribution < 1.29 is 9.53 Å². The molecule has 0 fully saturated rings. The molecular formula is C13H10Cl2N2O2. The zero-order chi connectivity index (χ0) is 13.8. The molecule has 0 aliphatic rings. The Hall–Kier alpha value is -1.78. The monoisotopic (exact) mass is 296 g/mol. The Morgan fingerprint density at radius 1 is 1.26 bits per heavy atom. The molecule has 0 bridgehead atoms. The van der Waals surface area contributed by atoms with Gasteiger partial charge in [0.05, 0.1) is 12.1 Å². The molecule has 0 saturated heterocycles. The highest BCUT2D eigenvalue weighted by Crippen LogP contribution is 2.27. The number of pyridine rings is 1. The maximum absolute atomic E-state index is 11.9. The van der Waals surface area contributed by atoms with Gasteiger partial charge in [-0.3, -0.25) is 9.78 Å². The van der Waals surface area contributed by atoms with Crippen molar-refractivity contribution in [3.8, 4) is 5.75 Å². The minimum Gasteiger partial charge on any atom is -0.495 e. The lowest BCUT2D eigenvalue weighted by Gasteiger charge is -2.08. The molecule has 2 aromatic rings. The molecule has 1 N–H and O–H groups in total. The van der Waals surface area contributed by atoms with Gasteiger partial charge in [0.25, 0.3) is 5.91 Å². The zero-order valence-electron chi connectivity index (χ0n) is 9.98. The van der Waals surface area contributed by atoms with Gasteiger partial charge in [0.2, 0.25) is 0 Å². The molecule has 1 aromatic carbocycles. The average Bonchev–Trinajstić information content (AvgIpc) is 2.41. The van der Waals surface area contributed by atoms with Crippen LogP contribution in [0.4, 0.5) is 5.69 Å². The predicted molar refractivity (Wildman–Crippen MR) is 75.2 cm³/mol. The molecule has 6 heteroatoms. The fraction of sp³-hybridized carbons (Fsp3) is 0.0769. The van der Waals surface area contributed by atoms with Gasteiger partial charge in [0, 0.05) is 23.0 Å². The number of nitrogens with zero attached hydrogens (tertiary/aromatic N) is 1. The van der Waals surface area contributed by atoms with Crippen LogP contribution in [0, 0.1) is 0 Å². The quantitative estimate of drug-likeness (QED) is 0.940. The Bertz CT molecular complexity index is 617. The molecule has 0 radical (unpaired) electrons. The van der Waals surface area contributed by atoms with Crippen molar-refractivity contribution in [3.05, 3.63) is 52.3 Å². The normalized spacial score (nSPS) is 10.1. The number of amides is 1. The van der Waals surface area contributed by atoms with E-state index < -0.39 is 0 Å². The summed E-state index contributed by atoms with van der Waals surface area (Å²) < 4.78 is 5.07. The maximum Gasteiger partial charge on any atom is 0.274 e. The molecule has 0 aliphatic heterocycles. The number of carbonyl (C=O) groups is 1. The summed E-state index contributed by atoms with van der Waals surface area (Å²) in [6.07, 6.45) is 1.47. The van der Waals surface area contributed by atoms with E-state index in [1.165, 1.54) is 19.4 Å². The van der Waals surface area contributed by atoms with Crippen LogP contribution in [-0.2, 0) is 0 Å². The van der Waals surface area contributed by atoms with Crippen molar-refractivity contribution in [1.82, 2.24) is 4.98 Å². The van der Waals surface area contributed by atoms with Crippen LogP contribution in [0.2, 0.25) is 10.0 Å². The molecular weight excluding hydrogens is 287 g/mol. The summed E-state index contributed by atoms with van der Waals surface area (Å²) in [6, 6.07) is 8.03. The lowest BCUT2D eigenvalue weighted by atomic mass is 10.2. The number of carbonyl (C=O) groups excluding carboxylic acids is 1. The van der Waals surface area contributed by atoms with E-state index in [4.69, 9.17) is 27.9 Å². The van der Waals surface area contributed by atoms with Crippen LogP contribution < -0.4 is 10.1 Å². The fourth-order valence-corrected chi connectivity index (χ4v) is 1.82. The van der Waals surface area contributed by atoms with Crippen molar-refractivity contribution >= 4 is 34.8 Å². The van der Waals surface area contributed by atoms with Gasteiger partial charge in [-0.1, -0.05) is 23.2 Å². The van der Waals surface area contributed by atoms with Gasteiger partial charge in [-0.15, -0.1) is 0 Å². The van der Waals surface area contributed by atoms with Crippen LogP contribution in [0.1, 0.15) is 10.5 Å². The third-order valence-corrected chi connectivity index (χ3v) is 2.91. The van der Waals surface area contributed by atoms with Crippen LogP contribution in [0.15, 0.2) is 36.5 Å². The second kappa shape index (κ2) is 5.91. The van der Waals surface area contributed by atoms with E-state index in [0.717, 1.165) is 0 Å². The number of hydrogen-bond donors (Lipinski definition) is 1. The first-order valence-electron chi connectivity index (χ1n) is 5.36. The molecule has 1 aromatic heterocycles. The first-order valence-corrected chi connectivity index (χ1v) is 6.12. The van der Waals surface area contributed by atoms with E-state index in [-0.39, 0.29) is 11.6 Å². The number of ether oxygens (including phenoxy) is 1. The largest absolute Gasteiger partial charge is 0.495 e. The summed E-state index contributed by atoms with van der Waals surface area (Å²) in [5.41, 5.74) is 0.800. The molecule has 0 spiro atoms. The van der Waals surface area contributed by atoms with Crippen LogP contribution in [0.5, 0.6) is 5.75 Å². The predicted octanol–water partition coefficient (Wildman–Crippen LogP) is 3.65. The highest BCUT2D eigenvalue weighted by molar-refractivity contribution is 6.32. The third kappa shape index (κ3) is 3.36. The molecule has 19 heavy (non-hydrogen) atoms. The Labute approximate surface area is 120 Å². The second-order valence-corrected chi connectivity index (χ2v) is 4.51. The van der Waals surface area contributed by atoms with E-state index in [1.807, 2.05) is 0 Å². The topological polar surface area (TPSA) is 51.2 Å². The molecule has 0 saturated carbocycles. The molecule has 0 atom stereocenters. The van der Waals surface area contributed by atoms with Crippen molar-refractivity contribution in [2.75, 3.05) is 12.4 Å². The number of benzene rings is 1. The van der Waals surface area contributed by atoms with E-state index in [9.17, 15) is 4.79 Å². The highest BCUT2D eigenvalue weighted by atomic mass is 35.5. The molecule has 0 aliphatic carbocycles. The molecule has 4 nitrogen and oxygen atoms in total. The summed E-state index contributed by atoms with van der Waals surface area (Å²) in [5, 5.41) is 3.61. The maximum atomic E-state index is 11.9. The third-order valence-electron chi connectivity index (χ3n) is 2.36. The number of methoxy groups -OCH3 is 1. The van der Waals surface area contributed by atoms with Gasteiger partial charge in [-0.05, 0) is 24.3 Å². The average molecular weight is 297 g/mol. The van der Waals surface area contributed by atoms with Crippen LogP contribution >= 0.6 is 23.2 Å². The molecule has 0 unspecified atom stereocenters. The Balaban J connectivity index is 2.19. The minimum absolute atomic E-state index is 0.237. The number of nitrogens with one attached hydrogen (secondary N) is 1. The lowest BCUT2D eigenvalue weighted by molar-refractivity contribution is 0.102. The zero-order valence-corrected chi connectivity index (χ0v) is 11.5. The smallest absolute Gasteiger partial charge is 0.274 e. The minimum atomic E-state index is -0.355. The van der Waals surface area contributed by atoms with Gasteiger partial charge in [0.15, 0.2) is 0 Å². The Morgan fingerprint density at radius 2 is 2.05 bits per heavy atom. The van der Waals surface area contributed by atoms with E-state index in [0.29, 0.717) is 21.5 Å². The van der Waals surface area contributed by atoms with Crippen molar-refractivity contribution in [1.29, 1.82) is 0 Å². The molecule has 98 valence electrons. The number of hydrogen-bond acceptors (Lipinski definition) is 3. The molecule has 1 amide bonds. The van der Waals surface area contributed by atoms with E-state index in [1.54, 1.807) is 24.3 Å². The molecule has 2 rings (SSSR count). The Kier molecular flexibility index (Phi) is 4.24. The van der Waals surface area contributed by atoms with Gasteiger partial charge in [-0.2, -0.15) is 0 Å². The fourth-order valence-electron chi connectivity index (χ4n) is 1.46. The summed E-state index contributed by atoms with van der Waals surface area (Å²) in [5.74, 6) is 0.130. The van der Waals surface area contributed by atoms with E-state index >= 15 is 0 Å². The van der Waals surface area contributed by atoms with Crippen LogP contribution in [-0.4, -0.2) is 18.0 Å².